The minimum absolute atomic E-state index is 0.0118. The van der Waals surface area contributed by atoms with E-state index in [0.717, 1.165) is 48.8 Å². The number of nitrogens with one attached hydrogen (secondary N) is 2. The lowest BCUT2D eigenvalue weighted by Crippen LogP contribution is -2.19. The van der Waals surface area contributed by atoms with Crippen molar-refractivity contribution in [2.45, 2.75) is 57.5 Å². The van der Waals surface area contributed by atoms with E-state index in [-0.39, 0.29) is 6.04 Å². The predicted octanol–water partition coefficient (Wildman–Crippen LogP) is 1.63. The second-order valence-electron chi connectivity index (χ2n) is 7.01. The molecule has 8 nitrogen and oxygen atoms in total. The van der Waals surface area contributed by atoms with Crippen LogP contribution in [0.4, 0.5) is 11.8 Å². The number of nitrogen functional groups attached to an aromatic ring is 1. The molecule has 0 spiro atoms. The predicted molar refractivity (Wildman–Crippen MR) is 96.3 cm³/mol. The fourth-order valence-corrected chi connectivity index (χ4v) is 3.98. The van der Waals surface area contributed by atoms with Gasteiger partial charge in [0.15, 0.2) is 5.82 Å². The highest BCUT2D eigenvalue weighted by Crippen LogP contribution is 2.32. The third-order valence-electron chi connectivity index (χ3n) is 5.26. The quantitative estimate of drug-likeness (QED) is 0.775. The summed E-state index contributed by atoms with van der Waals surface area (Å²) in [4.78, 5) is 8.91. The van der Waals surface area contributed by atoms with Gasteiger partial charge in [-0.25, -0.2) is 4.98 Å². The van der Waals surface area contributed by atoms with E-state index >= 15 is 0 Å². The number of fused-ring (bicyclic) bond motifs is 1. The average molecular weight is 342 g/mol. The number of aromatic nitrogens is 5. The zero-order chi connectivity index (χ0) is 17.2. The highest BCUT2D eigenvalue weighted by Gasteiger charge is 2.24. The molecule has 4 N–H and O–H groups in total. The van der Waals surface area contributed by atoms with Gasteiger partial charge in [-0.2, -0.15) is 4.98 Å². The molecular weight excluding hydrogens is 316 g/mol. The second kappa shape index (κ2) is 6.95. The van der Waals surface area contributed by atoms with Crippen LogP contribution in [0.2, 0.25) is 0 Å². The maximum Gasteiger partial charge on any atom is 0.222 e. The molecular formula is C17H26N8. The molecule has 1 saturated carbocycles. The van der Waals surface area contributed by atoms with Crippen molar-refractivity contribution < 1.29 is 0 Å². The van der Waals surface area contributed by atoms with Gasteiger partial charge in [0.25, 0.3) is 0 Å². The Labute approximate surface area is 147 Å². The molecule has 0 amide bonds. The Hall–Kier alpha value is -2.22. The van der Waals surface area contributed by atoms with Gasteiger partial charge in [0.05, 0.1) is 11.7 Å². The number of nitrogens with zero attached hydrogens (tertiary/aromatic N) is 5. The summed E-state index contributed by atoms with van der Waals surface area (Å²) in [5.41, 5.74) is 8.15. The Morgan fingerprint density at radius 2 is 2.04 bits per heavy atom. The molecule has 0 bridgehead atoms. The van der Waals surface area contributed by atoms with Crippen LogP contribution in [-0.2, 0) is 12.8 Å². The third-order valence-corrected chi connectivity index (χ3v) is 5.26. The van der Waals surface area contributed by atoms with E-state index in [0.29, 0.717) is 12.0 Å². The SMILES string of the molecule is CC(Nc1nc(N)nc2c1CCNCC2)c1nncn1C1CCCC1. The Morgan fingerprint density at radius 1 is 1.24 bits per heavy atom. The van der Waals surface area contributed by atoms with Crippen LogP contribution >= 0.6 is 0 Å². The van der Waals surface area contributed by atoms with Crippen molar-refractivity contribution in [1.29, 1.82) is 0 Å². The second-order valence-corrected chi connectivity index (χ2v) is 7.01. The van der Waals surface area contributed by atoms with Gasteiger partial charge in [-0.3, -0.25) is 0 Å². The van der Waals surface area contributed by atoms with Crippen molar-refractivity contribution in [2.75, 3.05) is 24.1 Å². The van der Waals surface area contributed by atoms with E-state index in [9.17, 15) is 0 Å². The molecule has 1 atom stereocenters. The Kier molecular flexibility index (Phi) is 4.52. The van der Waals surface area contributed by atoms with E-state index in [1.807, 2.05) is 6.33 Å². The summed E-state index contributed by atoms with van der Waals surface area (Å²) in [7, 11) is 0. The van der Waals surface area contributed by atoms with Gasteiger partial charge < -0.3 is 20.9 Å². The zero-order valence-electron chi connectivity index (χ0n) is 14.7. The van der Waals surface area contributed by atoms with Crippen molar-refractivity contribution in [3.63, 3.8) is 0 Å². The molecule has 2 aliphatic rings. The highest BCUT2D eigenvalue weighted by molar-refractivity contribution is 5.51. The minimum Gasteiger partial charge on any atom is -0.368 e. The first-order valence-electron chi connectivity index (χ1n) is 9.24. The monoisotopic (exact) mass is 342 g/mol. The lowest BCUT2D eigenvalue weighted by atomic mass is 10.1. The van der Waals surface area contributed by atoms with Crippen LogP contribution in [0.25, 0.3) is 0 Å². The van der Waals surface area contributed by atoms with Crippen LogP contribution < -0.4 is 16.4 Å². The molecule has 1 fully saturated rings. The van der Waals surface area contributed by atoms with Crippen LogP contribution in [0.3, 0.4) is 0 Å². The molecule has 8 heteroatoms. The van der Waals surface area contributed by atoms with Gasteiger partial charge in [0, 0.05) is 24.6 Å². The Balaban J connectivity index is 1.60. The summed E-state index contributed by atoms with van der Waals surface area (Å²) in [6, 6.07) is 0.531. The molecule has 3 heterocycles. The molecule has 0 aromatic carbocycles. The fourth-order valence-electron chi connectivity index (χ4n) is 3.98. The van der Waals surface area contributed by atoms with Gasteiger partial charge in [0.2, 0.25) is 5.95 Å². The maximum absolute atomic E-state index is 5.94. The molecule has 1 aliphatic carbocycles. The van der Waals surface area contributed by atoms with Crippen molar-refractivity contribution >= 4 is 11.8 Å². The summed E-state index contributed by atoms with van der Waals surface area (Å²) < 4.78 is 2.23. The third kappa shape index (κ3) is 3.30. The van der Waals surface area contributed by atoms with Crippen molar-refractivity contribution in [3.8, 4) is 0 Å². The smallest absolute Gasteiger partial charge is 0.222 e. The molecule has 4 rings (SSSR count). The minimum atomic E-state index is 0.0118. The van der Waals surface area contributed by atoms with Crippen LogP contribution in [0.1, 0.15) is 61.8 Å². The standard InChI is InChI=1S/C17H26N8/c1-11(16-24-20-10-25(16)12-4-2-3-5-12)21-15-13-6-8-19-9-7-14(13)22-17(18)23-15/h10-12,19H,2-9H2,1H3,(H3,18,21,22,23). The Morgan fingerprint density at radius 3 is 2.88 bits per heavy atom. The number of anilines is 2. The fraction of sp³-hybridized carbons (Fsp3) is 0.647. The van der Waals surface area contributed by atoms with E-state index in [2.05, 4.69) is 42.3 Å². The van der Waals surface area contributed by atoms with Crippen molar-refractivity contribution in [2.24, 2.45) is 0 Å². The van der Waals surface area contributed by atoms with Crippen molar-refractivity contribution in [3.05, 3.63) is 23.4 Å². The number of hydrogen-bond donors (Lipinski definition) is 3. The molecule has 134 valence electrons. The van der Waals surface area contributed by atoms with Gasteiger partial charge in [-0.15, -0.1) is 10.2 Å². The first kappa shape index (κ1) is 16.3. The largest absolute Gasteiger partial charge is 0.368 e. The summed E-state index contributed by atoms with van der Waals surface area (Å²) in [5.74, 6) is 2.12. The molecule has 1 unspecified atom stereocenters. The molecule has 0 radical (unpaired) electrons. The van der Waals surface area contributed by atoms with Crippen LogP contribution in [0.5, 0.6) is 0 Å². The van der Waals surface area contributed by atoms with Gasteiger partial charge >= 0.3 is 0 Å². The lowest BCUT2D eigenvalue weighted by Gasteiger charge is -2.21. The number of rotatable bonds is 4. The molecule has 0 saturated heterocycles. The topological polar surface area (TPSA) is 107 Å². The average Bonchev–Trinajstić information content (AvgIpc) is 3.22. The molecule has 1 aliphatic heterocycles. The summed E-state index contributed by atoms with van der Waals surface area (Å²) in [5, 5.41) is 15.5. The van der Waals surface area contributed by atoms with Crippen molar-refractivity contribution in [1.82, 2.24) is 30.0 Å². The molecule has 2 aromatic heterocycles. The van der Waals surface area contributed by atoms with Crippen LogP contribution in [0, 0.1) is 0 Å². The van der Waals surface area contributed by atoms with Gasteiger partial charge in [-0.1, -0.05) is 12.8 Å². The summed E-state index contributed by atoms with van der Waals surface area (Å²) >= 11 is 0. The van der Waals surface area contributed by atoms with Crippen LogP contribution in [0.15, 0.2) is 6.33 Å². The Bertz CT molecular complexity index is 734. The van der Waals surface area contributed by atoms with E-state index in [1.165, 1.54) is 25.7 Å². The molecule has 25 heavy (non-hydrogen) atoms. The number of hydrogen-bond acceptors (Lipinski definition) is 7. The first-order valence-corrected chi connectivity index (χ1v) is 9.24. The zero-order valence-corrected chi connectivity index (χ0v) is 14.7. The van der Waals surface area contributed by atoms with Crippen LogP contribution in [-0.4, -0.2) is 37.8 Å². The lowest BCUT2D eigenvalue weighted by molar-refractivity contribution is 0.487. The maximum atomic E-state index is 5.94. The number of nitrogens with two attached hydrogens (primary N) is 1. The summed E-state index contributed by atoms with van der Waals surface area (Å²) in [6.45, 7) is 3.96. The van der Waals surface area contributed by atoms with E-state index in [4.69, 9.17) is 5.73 Å². The van der Waals surface area contributed by atoms with Gasteiger partial charge in [-0.05, 0) is 32.7 Å². The normalized spacial score (nSPS) is 19.4. The van der Waals surface area contributed by atoms with E-state index < -0.39 is 0 Å². The highest BCUT2D eigenvalue weighted by atomic mass is 15.3. The molecule has 2 aromatic rings. The summed E-state index contributed by atoms with van der Waals surface area (Å²) in [6.07, 6.45) is 8.63. The first-order chi connectivity index (χ1) is 12.2. The van der Waals surface area contributed by atoms with E-state index in [1.54, 1.807) is 0 Å². The van der Waals surface area contributed by atoms with Gasteiger partial charge in [0.1, 0.15) is 12.1 Å².